The van der Waals surface area contributed by atoms with Gasteiger partial charge in [-0.25, -0.2) is 9.59 Å². The van der Waals surface area contributed by atoms with Crippen LogP contribution in [0.1, 0.15) is 21.5 Å². The molecule has 5 nitrogen and oxygen atoms in total. The summed E-state index contributed by atoms with van der Waals surface area (Å²) in [5.41, 5.74) is 3.47. The van der Waals surface area contributed by atoms with E-state index in [2.05, 4.69) is 4.98 Å². The number of H-pyrrole nitrogens is 1. The molecule has 0 aliphatic carbocycles. The zero-order valence-corrected chi connectivity index (χ0v) is 11.7. The number of aryl methyl sites for hydroxylation is 2. The van der Waals surface area contributed by atoms with Crippen LogP contribution in [0.4, 0.5) is 0 Å². The number of hydrogen-bond acceptors (Lipinski definition) is 2. The molecule has 0 saturated carbocycles. The first-order valence-corrected chi connectivity index (χ1v) is 6.53. The van der Waals surface area contributed by atoms with Crippen molar-refractivity contribution in [1.82, 2.24) is 9.55 Å². The number of carboxylic acid groups (broad SMARTS) is 1. The van der Waals surface area contributed by atoms with Crippen molar-refractivity contribution < 1.29 is 9.90 Å². The molecule has 2 aromatic carbocycles. The number of aromatic nitrogens is 2. The normalized spacial score (nSPS) is 11.0. The van der Waals surface area contributed by atoms with E-state index in [9.17, 15) is 14.7 Å². The standard InChI is InChI=1S/C16H14N2O3/c1-9-6-7-12(10(2)8-9)18-13-5-3-4-11(15(19)20)14(13)17-16(18)21/h3-8H,1-2H3,(H,17,21)(H,19,20). The minimum absolute atomic E-state index is 0.0908. The van der Waals surface area contributed by atoms with E-state index < -0.39 is 5.97 Å². The van der Waals surface area contributed by atoms with Gasteiger partial charge < -0.3 is 10.1 Å². The summed E-state index contributed by atoms with van der Waals surface area (Å²) < 4.78 is 1.51. The first-order chi connectivity index (χ1) is 9.99. The van der Waals surface area contributed by atoms with E-state index in [0.717, 1.165) is 16.8 Å². The number of aromatic carboxylic acids is 1. The van der Waals surface area contributed by atoms with Crippen LogP contribution in [0.5, 0.6) is 0 Å². The van der Waals surface area contributed by atoms with Gasteiger partial charge in [0.25, 0.3) is 0 Å². The van der Waals surface area contributed by atoms with Gasteiger partial charge in [0.2, 0.25) is 0 Å². The number of carboxylic acids is 1. The first-order valence-electron chi connectivity index (χ1n) is 6.53. The number of carbonyl (C=O) groups is 1. The van der Waals surface area contributed by atoms with Gasteiger partial charge in [0.1, 0.15) is 0 Å². The lowest BCUT2D eigenvalue weighted by Crippen LogP contribution is -2.15. The van der Waals surface area contributed by atoms with Crippen molar-refractivity contribution in [3.8, 4) is 5.69 Å². The molecule has 3 aromatic rings. The predicted octanol–water partition coefficient (Wildman–Crippen LogP) is 2.63. The molecule has 0 aliphatic rings. The Bertz CT molecular complexity index is 919. The van der Waals surface area contributed by atoms with Gasteiger partial charge in [-0.1, -0.05) is 23.8 Å². The third-order valence-electron chi connectivity index (χ3n) is 3.54. The Kier molecular flexibility index (Phi) is 2.90. The van der Waals surface area contributed by atoms with Gasteiger partial charge in [0.05, 0.1) is 22.3 Å². The summed E-state index contributed by atoms with van der Waals surface area (Å²) in [6, 6.07) is 10.6. The fourth-order valence-electron chi connectivity index (χ4n) is 2.60. The van der Waals surface area contributed by atoms with Crippen molar-refractivity contribution in [1.29, 1.82) is 0 Å². The second kappa shape index (κ2) is 4.63. The maximum absolute atomic E-state index is 12.3. The van der Waals surface area contributed by atoms with Crippen molar-refractivity contribution in [3.05, 3.63) is 63.6 Å². The van der Waals surface area contributed by atoms with Gasteiger partial charge in [-0.2, -0.15) is 0 Å². The highest BCUT2D eigenvalue weighted by Crippen LogP contribution is 2.21. The number of para-hydroxylation sites is 1. The highest BCUT2D eigenvalue weighted by atomic mass is 16.4. The second-order valence-corrected chi connectivity index (χ2v) is 5.06. The quantitative estimate of drug-likeness (QED) is 0.758. The van der Waals surface area contributed by atoms with Crippen LogP contribution >= 0.6 is 0 Å². The predicted molar refractivity (Wildman–Crippen MR) is 80.3 cm³/mol. The Morgan fingerprint density at radius 1 is 1.19 bits per heavy atom. The van der Waals surface area contributed by atoms with E-state index in [0.29, 0.717) is 11.0 Å². The molecule has 0 amide bonds. The van der Waals surface area contributed by atoms with E-state index >= 15 is 0 Å². The minimum atomic E-state index is -1.06. The number of imidazole rings is 1. The Morgan fingerprint density at radius 3 is 2.62 bits per heavy atom. The molecule has 1 aromatic heterocycles. The average molecular weight is 282 g/mol. The molecule has 0 saturated heterocycles. The Morgan fingerprint density at radius 2 is 1.95 bits per heavy atom. The Labute approximate surface area is 120 Å². The van der Waals surface area contributed by atoms with Crippen LogP contribution in [0, 0.1) is 13.8 Å². The van der Waals surface area contributed by atoms with E-state index in [1.807, 2.05) is 32.0 Å². The molecule has 0 radical (unpaired) electrons. The first kappa shape index (κ1) is 13.2. The Hall–Kier alpha value is -2.82. The molecule has 106 valence electrons. The van der Waals surface area contributed by atoms with Gasteiger partial charge in [0, 0.05) is 0 Å². The zero-order chi connectivity index (χ0) is 15.1. The molecular formula is C16H14N2O3. The summed E-state index contributed by atoms with van der Waals surface area (Å²) in [5, 5.41) is 9.21. The van der Waals surface area contributed by atoms with Crippen molar-refractivity contribution in [2.75, 3.05) is 0 Å². The number of nitrogens with zero attached hydrogens (tertiary/aromatic N) is 1. The summed E-state index contributed by atoms with van der Waals surface area (Å²) in [7, 11) is 0. The van der Waals surface area contributed by atoms with Crippen molar-refractivity contribution in [3.63, 3.8) is 0 Å². The lowest BCUT2D eigenvalue weighted by Gasteiger charge is -2.08. The molecule has 0 fully saturated rings. The lowest BCUT2D eigenvalue weighted by molar-refractivity contribution is 0.0699. The summed E-state index contributed by atoms with van der Waals surface area (Å²) in [6.07, 6.45) is 0. The maximum Gasteiger partial charge on any atom is 0.337 e. The molecular weight excluding hydrogens is 268 g/mol. The fourth-order valence-corrected chi connectivity index (χ4v) is 2.60. The molecule has 2 N–H and O–H groups in total. The smallest absolute Gasteiger partial charge is 0.337 e. The van der Waals surface area contributed by atoms with E-state index in [4.69, 9.17) is 0 Å². The van der Waals surface area contributed by atoms with E-state index in [1.165, 1.54) is 10.6 Å². The van der Waals surface area contributed by atoms with E-state index in [1.54, 1.807) is 12.1 Å². The molecule has 0 spiro atoms. The molecule has 21 heavy (non-hydrogen) atoms. The third kappa shape index (κ3) is 2.03. The number of hydrogen-bond donors (Lipinski definition) is 2. The van der Waals surface area contributed by atoms with Gasteiger partial charge in [-0.3, -0.25) is 4.57 Å². The summed E-state index contributed by atoms with van der Waals surface area (Å²) in [6.45, 7) is 3.91. The molecule has 0 bridgehead atoms. The van der Waals surface area contributed by atoms with Gasteiger partial charge in [-0.05, 0) is 37.6 Å². The second-order valence-electron chi connectivity index (χ2n) is 5.06. The monoisotopic (exact) mass is 282 g/mol. The fraction of sp³-hybridized carbons (Fsp3) is 0.125. The Balaban J connectivity index is 2.39. The molecule has 0 atom stereocenters. The lowest BCUT2D eigenvalue weighted by atomic mass is 10.1. The number of aromatic amines is 1. The number of rotatable bonds is 2. The van der Waals surface area contributed by atoms with Crippen molar-refractivity contribution in [2.24, 2.45) is 0 Å². The van der Waals surface area contributed by atoms with Crippen LogP contribution < -0.4 is 5.69 Å². The summed E-state index contributed by atoms with van der Waals surface area (Å²) in [5.74, 6) is -1.06. The van der Waals surface area contributed by atoms with E-state index in [-0.39, 0.29) is 11.3 Å². The van der Waals surface area contributed by atoms with Crippen LogP contribution in [0.3, 0.4) is 0 Å². The molecule has 5 heteroatoms. The minimum Gasteiger partial charge on any atom is -0.478 e. The molecule has 0 aliphatic heterocycles. The topological polar surface area (TPSA) is 75.1 Å². The van der Waals surface area contributed by atoms with Crippen LogP contribution in [0.2, 0.25) is 0 Å². The highest BCUT2D eigenvalue weighted by Gasteiger charge is 2.16. The largest absolute Gasteiger partial charge is 0.478 e. The van der Waals surface area contributed by atoms with Crippen LogP contribution in [-0.4, -0.2) is 20.6 Å². The van der Waals surface area contributed by atoms with Crippen molar-refractivity contribution >= 4 is 17.0 Å². The third-order valence-corrected chi connectivity index (χ3v) is 3.54. The number of benzene rings is 2. The van der Waals surface area contributed by atoms with Gasteiger partial charge >= 0.3 is 11.7 Å². The summed E-state index contributed by atoms with van der Waals surface area (Å²) >= 11 is 0. The summed E-state index contributed by atoms with van der Waals surface area (Å²) in [4.78, 5) is 26.2. The maximum atomic E-state index is 12.3. The zero-order valence-electron chi connectivity index (χ0n) is 11.7. The SMILES string of the molecule is Cc1ccc(-n2c(=O)[nH]c3c(C(=O)O)cccc32)c(C)c1. The molecule has 0 unspecified atom stereocenters. The van der Waals surface area contributed by atoms with Crippen LogP contribution in [-0.2, 0) is 0 Å². The van der Waals surface area contributed by atoms with Crippen LogP contribution in [0.25, 0.3) is 16.7 Å². The highest BCUT2D eigenvalue weighted by molar-refractivity contribution is 6.01. The van der Waals surface area contributed by atoms with Crippen molar-refractivity contribution in [2.45, 2.75) is 13.8 Å². The van der Waals surface area contributed by atoms with Gasteiger partial charge in [-0.15, -0.1) is 0 Å². The van der Waals surface area contributed by atoms with Gasteiger partial charge in [0.15, 0.2) is 0 Å². The average Bonchev–Trinajstić information content (AvgIpc) is 2.74. The molecule has 1 heterocycles. The number of fused-ring (bicyclic) bond motifs is 1. The van der Waals surface area contributed by atoms with Crippen LogP contribution in [0.15, 0.2) is 41.2 Å². The molecule has 3 rings (SSSR count). The number of nitrogens with one attached hydrogen (secondary N) is 1.